The van der Waals surface area contributed by atoms with E-state index in [1.807, 2.05) is 0 Å². The lowest BCUT2D eigenvalue weighted by Gasteiger charge is -2.42. The van der Waals surface area contributed by atoms with E-state index in [9.17, 15) is 4.79 Å². The van der Waals surface area contributed by atoms with Gasteiger partial charge in [0.1, 0.15) is 0 Å². The van der Waals surface area contributed by atoms with Crippen LogP contribution in [0, 0.1) is 17.8 Å². The van der Waals surface area contributed by atoms with Crippen molar-refractivity contribution in [3.05, 3.63) is 0 Å². The first-order valence-corrected chi connectivity index (χ1v) is 9.17. The third kappa shape index (κ3) is 4.21. The highest BCUT2D eigenvalue weighted by atomic mass is 16.2. The number of piperidine rings is 1. The molecular weight excluding hydrogens is 260 g/mol. The van der Waals surface area contributed by atoms with Crippen molar-refractivity contribution in [2.75, 3.05) is 13.1 Å². The first-order valence-electron chi connectivity index (χ1n) is 9.17. The van der Waals surface area contributed by atoms with E-state index in [1.165, 1.54) is 38.5 Å². The molecule has 2 fully saturated rings. The van der Waals surface area contributed by atoms with Gasteiger partial charge in [-0.3, -0.25) is 4.79 Å². The van der Waals surface area contributed by atoms with Crippen LogP contribution in [0.4, 0.5) is 0 Å². The van der Waals surface area contributed by atoms with Crippen LogP contribution in [0.5, 0.6) is 0 Å². The second-order valence-corrected chi connectivity index (χ2v) is 7.31. The molecule has 21 heavy (non-hydrogen) atoms. The quantitative estimate of drug-likeness (QED) is 0.842. The zero-order chi connectivity index (χ0) is 15.2. The summed E-state index contributed by atoms with van der Waals surface area (Å²) in [5.41, 5.74) is 5.93. The van der Waals surface area contributed by atoms with E-state index in [4.69, 9.17) is 5.73 Å². The highest BCUT2D eigenvalue weighted by Crippen LogP contribution is 2.34. The number of rotatable bonds is 5. The Morgan fingerprint density at radius 2 is 1.90 bits per heavy atom. The summed E-state index contributed by atoms with van der Waals surface area (Å²) in [5.74, 6) is 2.13. The van der Waals surface area contributed by atoms with E-state index < -0.39 is 0 Å². The van der Waals surface area contributed by atoms with Crippen LogP contribution in [0.1, 0.15) is 71.6 Å². The molecule has 1 aliphatic heterocycles. The molecule has 122 valence electrons. The average molecular weight is 294 g/mol. The lowest BCUT2D eigenvalue weighted by atomic mass is 9.78. The number of nitrogens with two attached hydrogens (primary N) is 1. The van der Waals surface area contributed by atoms with Gasteiger partial charge in [0.2, 0.25) is 5.91 Å². The number of nitrogens with zero attached hydrogens (tertiary/aromatic N) is 1. The third-order valence-electron chi connectivity index (χ3n) is 5.80. The molecule has 1 aliphatic carbocycles. The molecule has 0 bridgehead atoms. The number of unbranched alkanes of at least 4 members (excludes halogenated alkanes) is 1. The fourth-order valence-corrected chi connectivity index (χ4v) is 4.31. The van der Waals surface area contributed by atoms with Crippen LogP contribution >= 0.6 is 0 Å². The van der Waals surface area contributed by atoms with E-state index in [1.54, 1.807) is 0 Å². The molecule has 0 aromatic carbocycles. The molecule has 0 spiro atoms. The Bertz CT molecular complexity index is 323. The molecule has 3 heteroatoms. The third-order valence-corrected chi connectivity index (χ3v) is 5.80. The van der Waals surface area contributed by atoms with Crippen molar-refractivity contribution in [1.29, 1.82) is 0 Å². The van der Waals surface area contributed by atoms with Crippen LogP contribution in [0.25, 0.3) is 0 Å². The molecule has 1 saturated carbocycles. The molecule has 3 nitrogen and oxygen atoms in total. The molecule has 2 aliphatic rings. The topological polar surface area (TPSA) is 46.3 Å². The lowest BCUT2D eigenvalue weighted by Crippen LogP contribution is -2.53. The minimum Gasteiger partial charge on any atom is -0.338 e. The Labute approximate surface area is 130 Å². The van der Waals surface area contributed by atoms with Crippen LogP contribution < -0.4 is 5.73 Å². The molecule has 2 N–H and O–H groups in total. The van der Waals surface area contributed by atoms with E-state index in [2.05, 4.69) is 18.7 Å². The maximum absolute atomic E-state index is 12.9. The van der Waals surface area contributed by atoms with Crippen LogP contribution in [0.2, 0.25) is 0 Å². The second-order valence-electron chi connectivity index (χ2n) is 7.31. The minimum atomic E-state index is 0.280. The first-order chi connectivity index (χ1) is 10.2. The van der Waals surface area contributed by atoms with Crippen molar-refractivity contribution in [3.63, 3.8) is 0 Å². The van der Waals surface area contributed by atoms with Gasteiger partial charge in [0.05, 0.1) is 0 Å². The zero-order valence-corrected chi connectivity index (χ0v) is 14.0. The number of carbonyl (C=O) groups excluding carboxylic acids is 1. The Kier molecular flexibility index (Phi) is 6.53. The van der Waals surface area contributed by atoms with Gasteiger partial charge in [0.15, 0.2) is 0 Å². The molecule has 1 saturated heterocycles. The zero-order valence-electron chi connectivity index (χ0n) is 14.0. The number of carbonyl (C=O) groups is 1. The molecular formula is C18H34N2O. The SMILES string of the molecule is CCCCC1CCC(C(=O)N2CCCC(C)C2CN)CC1. The van der Waals surface area contributed by atoms with Gasteiger partial charge in [-0.15, -0.1) is 0 Å². The first kappa shape index (κ1) is 16.8. The van der Waals surface area contributed by atoms with Crippen LogP contribution in [0.15, 0.2) is 0 Å². The van der Waals surface area contributed by atoms with Gasteiger partial charge in [-0.1, -0.05) is 33.1 Å². The smallest absolute Gasteiger partial charge is 0.225 e. The maximum Gasteiger partial charge on any atom is 0.225 e. The highest BCUT2D eigenvalue weighted by molar-refractivity contribution is 5.79. The number of likely N-dealkylation sites (tertiary alicyclic amines) is 1. The summed E-state index contributed by atoms with van der Waals surface area (Å²) >= 11 is 0. The number of hydrogen-bond donors (Lipinski definition) is 1. The van der Waals surface area contributed by atoms with Crippen molar-refractivity contribution in [2.24, 2.45) is 23.5 Å². The van der Waals surface area contributed by atoms with Gasteiger partial charge in [0, 0.05) is 25.0 Å². The molecule has 2 unspecified atom stereocenters. The van der Waals surface area contributed by atoms with Crippen LogP contribution in [-0.2, 0) is 4.79 Å². The summed E-state index contributed by atoms with van der Waals surface area (Å²) in [6, 6.07) is 0.282. The van der Waals surface area contributed by atoms with Gasteiger partial charge < -0.3 is 10.6 Å². The van der Waals surface area contributed by atoms with Crippen molar-refractivity contribution >= 4 is 5.91 Å². The summed E-state index contributed by atoms with van der Waals surface area (Å²) in [5, 5.41) is 0. The van der Waals surface area contributed by atoms with Gasteiger partial charge in [0.25, 0.3) is 0 Å². The van der Waals surface area contributed by atoms with Crippen molar-refractivity contribution < 1.29 is 4.79 Å². The van der Waals surface area contributed by atoms with E-state index in [-0.39, 0.29) is 12.0 Å². The lowest BCUT2D eigenvalue weighted by molar-refractivity contribution is -0.141. The Morgan fingerprint density at radius 1 is 1.19 bits per heavy atom. The molecule has 2 rings (SSSR count). The van der Waals surface area contributed by atoms with Gasteiger partial charge in [-0.05, 0) is 50.4 Å². The fraction of sp³-hybridized carbons (Fsp3) is 0.944. The Hall–Kier alpha value is -0.570. The normalized spacial score (nSPS) is 34.0. The van der Waals surface area contributed by atoms with Gasteiger partial charge >= 0.3 is 0 Å². The minimum absolute atomic E-state index is 0.280. The largest absolute Gasteiger partial charge is 0.338 e. The summed E-state index contributed by atoms with van der Waals surface area (Å²) in [6.07, 6.45) is 11.1. The van der Waals surface area contributed by atoms with Crippen LogP contribution in [0.3, 0.4) is 0 Å². The number of hydrogen-bond acceptors (Lipinski definition) is 2. The van der Waals surface area contributed by atoms with E-state index in [0.717, 1.165) is 31.7 Å². The molecule has 0 aromatic heterocycles. The van der Waals surface area contributed by atoms with Crippen molar-refractivity contribution in [2.45, 2.75) is 77.7 Å². The molecule has 1 heterocycles. The summed E-state index contributed by atoms with van der Waals surface area (Å²) < 4.78 is 0. The summed E-state index contributed by atoms with van der Waals surface area (Å²) in [7, 11) is 0. The van der Waals surface area contributed by atoms with Crippen LogP contribution in [-0.4, -0.2) is 29.9 Å². The second kappa shape index (κ2) is 8.17. The molecule has 0 radical (unpaired) electrons. The van der Waals surface area contributed by atoms with E-state index >= 15 is 0 Å². The molecule has 1 amide bonds. The predicted molar refractivity (Wildman–Crippen MR) is 87.9 cm³/mol. The van der Waals surface area contributed by atoms with Crippen molar-refractivity contribution in [1.82, 2.24) is 4.90 Å². The molecule has 0 aromatic rings. The summed E-state index contributed by atoms with van der Waals surface area (Å²) in [6.45, 7) is 6.07. The fourth-order valence-electron chi connectivity index (χ4n) is 4.31. The van der Waals surface area contributed by atoms with E-state index in [0.29, 0.717) is 18.4 Å². The van der Waals surface area contributed by atoms with Gasteiger partial charge in [-0.2, -0.15) is 0 Å². The average Bonchev–Trinajstić information content (AvgIpc) is 2.52. The van der Waals surface area contributed by atoms with Crippen molar-refractivity contribution in [3.8, 4) is 0 Å². The summed E-state index contributed by atoms with van der Waals surface area (Å²) in [4.78, 5) is 15.0. The Morgan fingerprint density at radius 3 is 2.52 bits per heavy atom. The molecule has 2 atom stereocenters. The highest BCUT2D eigenvalue weighted by Gasteiger charge is 2.35. The maximum atomic E-state index is 12.9. The number of amides is 1. The predicted octanol–water partition coefficient (Wildman–Crippen LogP) is 3.57. The standard InChI is InChI=1S/C18H34N2O/c1-3-4-7-15-8-10-16(11-9-15)18(21)20-12-5-6-14(2)17(20)13-19/h14-17H,3-13,19H2,1-2H3. The Balaban J connectivity index is 1.86. The monoisotopic (exact) mass is 294 g/mol. The van der Waals surface area contributed by atoms with Gasteiger partial charge in [-0.25, -0.2) is 0 Å².